The zero-order valence-electron chi connectivity index (χ0n) is 31.6. The van der Waals surface area contributed by atoms with Crippen LogP contribution in [0, 0.1) is 0 Å². The summed E-state index contributed by atoms with van der Waals surface area (Å²) in [5.41, 5.74) is 6.08. The molecule has 3 amide bonds. The number of anilines is 1. The van der Waals surface area contributed by atoms with Crippen molar-refractivity contribution in [3.05, 3.63) is 12.7 Å². The minimum Gasteiger partial charge on any atom is -0.387 e. The average molecular weight is 922 g/mol. The number of thioether (sulfide) groups is 1. The Morgan fingerprint density at radius 1 is 0.932 bits per heavy atom. The molecule has 2 aromatic rings. The van der Waals surface area contributed by atoms with E-state index in [4.69, 9.17) is 24.7 Å². The van der Waals surface area contributed by atoms with Crippen LogP contribution in [0.5, 0.6) is 0 Å². The number of carbonyl (C=O) groups excluding carboxylic acids is 2. The summed E-state index contributed by atoms with van der Waals surface area (Å²) in [6, 6.07) is 0.318. The SMILES string of the molecule is Nc1ncnc2c1ncn2[C@@H]1O[C@H](COP(=O)(O)OP(=O)(O)OP(=O)(O)NCCOCCOCCOCCNC(=O)CCCCC[C@@H]2SC[C@@H]3NC(=O)N[C@@H]32)[C@@H](O)[C@H]1O. The van der Waals surface area contributed by atoms with Gasteiger partial charge in [0, 0.05) is 30.5 Å². The smallest absolute Gasteiger partial charge is 0.387 e. The van der Waals surface area contributed by atoms with Gasteiger partial charge < -0.3 is 65.5 Å². The predicted molar refractivity (Wildman–Crippen MR) is 205 cm³/mol. The lowest BCUT2D eigenvalue weighted by Crippen LogP contribution is -2.36. The molecule has 0 bridgehead atoms. The molecule has 0 spiro atoms. The number of unbranched alkanes of at least 4 members (excludes halogenated alkanes) is 2. The molecule has 3 unspecified atom stereocenters. The zero-order chi connectivity index (χ0) is 42.6. The Bertz CT molecular complexity index is 1850. The second-order valence-corrected chi connectivity index (χ2v) is 19.4. The van der Waals surface area contributed by atoms with Crippen LogP contribution in [-0.2, 0) is 50.6 Å². The first-order valence-electron chi connectivity index (χ1n) is 18.5. The number of phosphoric ester groups is 1. The number of imidazole rings is 1. The van der Waals surface area contributed by atoms with Crippen molar-refractivity contribution in [3.8, 4) is 0 Å². The zero-order valence-corrected chi connectivity index (χ0v) is 35.1. The second-order valence-electron chi connectivity index (χ2n) is 13.4. The molecule has 11 N–H and O–H groups in total. The number of aliphatic hydroxyl groups excluding tert-OH is 2. The highest BCUT2D eigenvalue weighted by Crippen LogP contribution is 2.66. The van der Waals surface area contributed by atoms with E-state index < -0.39 is 54.5 Å². The van der Waals surface area contributed by atoms with E-state index >= 15 is 0 Å². The van der Waals surface area contributed by atoms with Gasteiger partial charge in [-0.15, -0.1) is 0 Å². The van der Waals surface area contributed by atoms with E-state index in [-0.39, 0.29) is 80.6 Å². The number of aliphatic hydroxyl groups is 2. The van der Waals surface area contributed by atoms with Crippen LogP contribution in [0.25, 0.3) is 11.2 Å². The molecule has 3 aliphatic heterocycles. The topological polar surface area (TPSA) is 369 Å². The Balaban J connectivity index is 0.840. The summed E-state index contributed by atoms with van der Waals surface area (Å²) in [5.74, 6) is 0.924. The molecule has 0 aromatic carbocycles. The fourth-order valence-electron chi connectivity index (χ4n) is 6.26. The van der Waals surface area contributed by atoms with Gasteiger partial charge in [0.2, 0.25) is 5.91 Å². The van der Waals surface area contributed by atoms with E-state index in [1.165, 1.54) is 10.9 Å². The lowest BCUT2D eigenvalue weighted by molar-refractivity contribution is -0.121. The molecule has 59 heavy (non-hydrogen) atoms. The monoisotopic (exact) mass is 921 g/mol. The normalized spacial score (nSPS) is 27.1. The lowest BCUT2D eigenvalue weighted by Gasteiger charge is -2.20. The van der Waals surface area contributed by atoms with Crippen molar-refractivity contribution in [2.75, 3.05) is 70.8 Å². The number of nitrogens with one attached hydrogen (secondary N) is 4. The third kappa shape index (κ3) is 14.6. The first kappa shape index (κ1) is 47.7. The molecule has 0 aliphatic carbocycles. The minimum atomic E-state index is -5.72. The molecule has 0 saturated carbocycles. The van der Waals surface area contributed by atoms with E-state index in [2.05, 4.69) is 44.0 Å². The van der Waals surface area contributed by atoms with Crippen LogP contribution in [0.4, 0.5) is 10.6 Å². The van der Waals surface area contributed by atoms with Gasteiger partial charge in [0.15, 0.2) is 17.7 Å². The van der Waals surface area contributed by atoms with Crippen LogP contribution in [0.2, 0.25) is 0 Å². The van der Waals surface area contributed by atoms with Gasteiger partial charge in [-0.2, -0.15) is 20.4 Å². The third-order valence-corrected chi connectivity index (χ3v) is 15.0. The highest BCUT2D eigenvalue weighted by molar-refractivity contribution is 8.00. The van der Waals surface area contributed by atoms with Gasteiger partial charge in [-0.1, -0.05) is 12.8 Å². The van der Waals surface area contributed by atoms with Gasteiger partial charge >= 0.3 is 29.4 Å². The van der Waals surface area contributed by atoms with E-state index in [9.17, 15) is 48.2 Å². The molecule has 0 radical (unpaired) electrons. The van der Waals surface area contributed by atoms with Crippen molar-refractivity contribution in [2.45, 2.75) is 74.0 Å². The van der Waals surface area contributed by atoms with Crippen molar-refractivity contribution in [1.82, 2.24) is 40.6 Å². The second kappa shape index (κ2) is 22.1. The van der Waals surface area contributed by atoms with Gasteiger partial charge in [-0.05, 0) is 12.8 Å². The van der Waals surface area contributed by atoms with Gasteiger partial charge in [0.05, 0.1) is 64.7 Å². The summed E-state index contributed by atoms with van der Waals surface area (Å²) < 4.78 is 72.6. The van der Waals surface area contributed by atoms with Crippen molar-refractivity contribution in [1.29, 1.82) is 0 Å². The molecule has 30 heteroatoms. The van der Waals surface area contributed by atoms with Crippen LogP contribution in [0.15, 0.2) is 12.7 Å². The Morgan fingerprint density at radius 2 is 1.64 bits per heavy atom. The Labute approximate surface area is 341 Å². The van der Waals surface area contributed by atoms with Crippen LogP contribution in [-0.4, -0.2) is 157 Å². The number of phosphoric acid groups is 2. The maximum absolute atomic E-state index is 12.4. The summed E-state index contributed by atoms with van der Waals surface area (Å²) in [5, 5.41) is 32.0. The third-order valence-electron chi connectivity index (χ3n) is 9.02. The summed E-state index contributed by atoms with van der Waals surface area (Å²) in [7, 11) is -16.3. The summed E-state index contributed by atoms with van der Waals surface area (Å²) in [6.45, 7) is -0.0834. The number of nitrogens with zero attached hydrogens (tertiary/aromatic N) is 4. The predicted octanol–water partition coefficient (Wildman–Crippen LogP) is -0.750. The highest BCUT2D eigenvalue weighted by Gasteiger charge is 2.47. The molecule has 3 aliphatic rings. The van der Waals surface area contributed by atoms with Gasteiger partial charge in [-0.25, -0.2) is 38.5 Å². The van der Waals surface area contributed by atoms with Crippen molar-refractivity contribution >= 4 is 64.1 Å². The number of amides is 3. The first-order valence-corrected chi connectivity index (χ1v) is 24.1. The Kier molecular flexibility index (Phi) is 17.9. The van der Waals surface area contributed by atoms with Crippen LogP contribution >= 0.6 is 35.2 Å². The molecular formula is C29H50N9O17P3S. The summed E-state index contributed by atoms with van der Waals surface area (Å²) in [4.78, 5) is 65.1. The molecule has 2 aromatic heterocycles. The number of fused-ring (bicyclic) bond motifs is 2. The summed E-state index contributed by atoms with van der Waals surface area (Å²) >= 11 is 1.88. The van der Waals surface area contributed by atoms with Crippen molar-refractivity contribution in [3.63, 3.8) is 0 Å². The number of carbonyl (C=O) groups is 2. The molecule has 10 atom stereocenters. The van der Waals surface area contributed by atoms with Gasteiger partial charge in [0.1, 0.15) is 30.2 Å². The quantitative estimate of drug-likeness (QED) is 0.0299. The molecule has 3 saturated heterocycles. The van der Waals surface area contributed by atoms with E-state index in [1.807, 2.05) is 16.8 Å². The number of hydrogen-bond acceptors (Lipinski definition) is 19. The van der Waals surface area contributed by atoms with Crippen molar-refractivity contribution in [2.24, 2.45) is 0 Å². The molecule has 5 rings (SSSR count). The highest BCUT2D eigenvalue weighted by atomic mass is 32.2. The minimum absolute atomic E-state index is 0.0377. The molecule has 5 heterocycles. The number of hydrogen-bond donors (Lipinski definition) is 10. The van der Waals surface area contributed by atoms with E-state index in [0.29, 0.717) is 24.8 Å². The Hall–Kier alpha value is -2.39. The van der Waals surface area contributed by atoms with E-state index in [0.717, 1.165) is 37.8 Å². The van der Waals surface area contributed by atoms with Gasteiger partial charge in [0.25, 0.3) is 0 Å². The van der Waals surface area contributed by atoms with Crippen LogP contribution < -0.4 is 26.8 Å². The largest absolute Gasteiger partial charge is 0.489 e. The molecular weight excluding hydrogens is 871 g/mol. The Morgan fingerprint density at radius 3 is 2.39 bits per heavy atom. The van der Waals surface area contributed by atoms with Gasteiger partial charge in [-0.3, -0.25) is 13.9 Å². The molecule has 3 fully saturated rings. The standard InChI is InChI=1S/C29H50N9O17P3S/c30-26-23-27(33-16-32-26)38(17-34-23)28-25(41)24(40)19(53-28)14-52-57(45,46)55-58(47,48)54-56(43,44)35-7-9-50-11-13-51-12-10-49-8-6-31-21(39)5-3-1-2-4-20-22-18(15-59-20)36-29(42)37-22/h16-20,22,24-25,28,40-41H,1-15H2,(H,31,39)(H,45,46)(H,47,48)(H2,30,32,33)(H2,35,43,44)(H2,36,37,42)/t18-,19+,20-,22-,24+,25+,28+/m0/s1. The van der Waals surface area contributed by atoms with Crippen molar-refractivity contribution < 1.29 is 80.3 Å². The fraction of sp³-hybridized carbons (Fsp3) is 0.759. The van der Waals surface area contributed by atoms with E-state index in [1.54, 1.807) is 0 Å². The fourth-order valence-corrected chi connectivity index (χ4v) is 11.5. The number of nitrogens with two attached hydrogens (primary N) is 1. The number of urea groups is 1. The average Bonchev–Trinajstić information content (AvgIpc) is 3.92. The first-order chi connectivity index (χ1) is 28.0. The number of ether oxygens (including phenoxy) is 4. The summed E-state index contributed by atoms with van der Waals surface area (Å²) in [6.07, 6.45) is 0.413. The van der Waals surface area contributed by atoms with Crippen LogP contribution in [0.3, 0.4) is 0 Å². The number of nitrogen functional groups attached to an aromatic ring is 1. The lowest BCUT2D eigenvalue weighted by atomic mass is 10.0. The van der Waals surface area contributed by atoms with Crippen LogP contribution in [0.1, 0.15) is 38.3 Å². The number of rotatable bonds is 27. The molecule has 26 nitrogen and oxygen atoms in total. The maximum Gasteiger partial charge on any atom is 0.489 e. The molecule has 334 valence electrons. The number of aromatic nitrogens is 4. The maximum atomic E-state index is 12.4.